The molecule has 0 aromatic heterocycles. The normalized spacial score (nSPS) is 43.9. The van der Waals surface area contributed by atoms with Crippen molar-refractivity contribution < 1.29 is 24.7 Å². The molecule has 2 aliphatic rings. The summed E-state index contributed by atoms with van der Waals surface area (Å²) in [6, 6.07) is 1.05. The van der Waals surface area contributed by atoms with Crippen molar-refractivity contribution in [3.8, 4) is 0 Å². The van der Waals surface area contributed by atoms with Crippen LogP contribution in [0.3, 0.4) is 0 Å². The van der Waals surface area contributed by atoms with Crippen molar-refractivity contribution in [1.82, 2.24) is 0 Å². The molecule has 27 heavy (non-hydrogen) atoms. The molecular weight excluding hydrogens is 585 g/mol. The van der Waals surface area contributed by atoms with E-state index in [4.69, 9.17) is 94.3 Å². The molecule has 1 aliphatic carbocycles. The van der Waals surface area contributed by atoms with Crippen LogP contribution in [0.1, 0.15) is 13.3 Å². The fraction of sp³-hybridized carbons (Fsp3) is 1.00. The van der Waals surface area contributed by atoms with Crippen LogP contribution in [0.2, 0.25) is 6.04 Å². The molecule has 2 rings (SSSR count). The fourth-order valence-corrected chi connectivity index (χ4v) is 16.8. The van der Waals surface area contributed by atoms with Gasteiger partial charge in [-0.1, -0.05) is 13.3 Å². The van der Waals surface area contributed by atoms with Gasteiger partial charge in [-0.3, -0.25) is 0 Å². The average Bonchev–Trinajstić information content (AvgIpc) is 2.66. The van der Waals surface area contributed by atoms with E-state index in [9.17, 15) is 0 Å². The Hall–Kier alpha value is 2.80. The Labute approximate surface area is 203 Å². The van der Waals surface area contributed by atoms with Crippen LogP contribution in [0, 0.1) is 0 Å². The molecule has 2 fully saturated rings. The highest BCUT2D eigenvalue weighted by atomic mass is 35.5. The van der Waals surface area contributed by atoms with E-state index in [0.717, 1.165) is 12.5 Å². The van der Waals surface area contributed by atoms with Gasteiger partial charge >= 0.3 is 9.28 Å². The summed E-state index contributed by atoms with van der Waals surface area (Å²) >= 11 is 35.3. The van der Waals surface area contributed by atoms with Crippen molar-refractivity contribution in [2.45, 2.75) is 51.7 Å². The minimum absolute atomic E-state index is 0.437. The molecule has 0 spiro atoms. The minimum Gasteiger partial charge on any atom is -0.425 e. The summed E-state index contributed by atoms with van der Waals surface area (Å²) in [5, 5.41) is -2.62. The second-order valence-corrected chi connectivity index (χ2v) is 20.5. The third-order valence-corrected chi connectivity index (χ3v) is 18.0. The zero-order valence-electron chi connectivity index (χ0n) is 14.7. The van der Waals surface area contributed by atoms with Crippen LogP contribution >= 0.6 is 69.6 Å². The molecular formula is C9H24Cl6O6Si6. The standard InChI is InChI=1S/C6H6Cl6.C3H18O6Si6/c7-1-2(8)4(10)6(12)5(11)3(1)9;1-2-3-15-8-13-6-11-4-10-5-12-7-14-9-15/h1-6H;15H,2-3,10-14H2,1H3. The molecule has 162 valence electrons. The van der Waals surface area contributed by atoms with Crippen molar-refractivity contribution >= 4 is 129 Å². The topological polar surface area (TPSA) is 55.4 Å². The van der Waals surface area contributed by atoms with E-state index in [2.05, 4.69) is 6.92 Å². The van der Waals surface area contributed by atoms with Gasteiger partial charge in [0.25, 0.3) is 50.0 Å². The molecule has 0 N–H and O–H groups in total. The quantitative estimate of drug-likeness (QED) is 0.307. The van der Waals surface area contributed by atoms with E-state index in [0.29, 0.717) is 0 Å². The summed E-state index contributed by atoms with van der Waals surface area (Å²) in [5.41, 5.74) is 0. The largest absolute Gasteiger partial charge is 0.425 e. The van der Waals surface area contributed by atoms with E-state index in [1.54, 1.807) is 0 Å². The zero-order chi connectivity index (χ0) is 20.2. The van der Waals surface area contributed by atoms with Gasteiger partial charge in [0, 0.05) is 0 Å². The second-order valence-electron chi connectivity index (χ2n) is 5.62. The molecule has 0 radical (unpaired) electrons. The lowest BCUT2D eigenvalue weighted by Gasteiger charge is -2.37. The number of rotatable bonds is 2. The molecule has 1 heterocycles. The Morgan fingerprint density at radius 3 is 1.19 bits per heavy atom. The van der Waals surface area contributed by atoms with Crippen LogP contribution in [-0.2, 0) is 24.7 Å². The number of halogens is 6. The maximum absolute atomic E-state index is 5.88. The molecule has 0 aromatic rings. The summed E-state index contributed by atoms with van der Waals surface area (Å²) in [6.45, 7) is 2.14. The molecule has 0 unspecified atom stereocenters. The van der Waals surface area contributed by atoms with Crippen molar-refractivity contribution in [2.24, 2.45) is 0 Å². The SMILES string of the molecule is CCC[SiH]1O[SiH2]O[SiH2]O[SiH2]O[SiH2]O[SiH2]O1.ClC1C(Cl)C(Cl)C(Cl)C(Cl)C1Cl. The molecule has 1 saturated carbocycles. The molecule has 18 heteroatoms. The Morgan fingerprint density at radius 1 is 0.593 bits per heavy atom. The van der Waals surface area contributed by atoms with Gasteiger partial charge in [0.05, 0.1) is 32.3 Å². The van der Waals surface area contributed by atoms with Gasteiger partial charge in [0.1, 0.15) is 0 Å². The lowest BCUT2D eigenvalue weighted by Crippen LogP contribution is -2.52. The fourth-order valence-electron chi connectivity index (χ4n) is 2.07. The summed E-state index contributed by atoms with van der Waals surface area (Å²) in [6.07, 6.45) is 1.11. The van der Waals surface area contributed by atoms with Crippen LogP contribution < -0.4 is 0 Å². The Morgan fingerprint density at radius 2 is 0.889 bits per heavy atom. The Balaban J connectivity index is 0.000000277. The van der Waals surface area contributed by atoms with E-state index >= 15 is 0 Å². The van der Waals surface area contributed by atoms with E-state index in [-0.39, 0.29) is 0 Å². The van der Waals surface area contributed by atoms with E-state index in [1.165, 1.54) is 0 Å². The zero-order valence-corrected chi connectivity index (χ0v) is 27.5. The first-order valence-electron chi connectivity index (χ1n) is 8.28. The van der Waals surface area contributed by atoms with Crippen LogP contribution in [0.15, 0.2) is 0 Å². The second kappa shape index (κ2) is 16.4. The predicted molar refractivity (Wildman–Crippen MR) is 129 cm³/mol. The summed E-state index contributed by atoms with van der Waals surface area (Å²) < 4.78 is 32.9. The maximum atomic E-state index is 5.88. The first kappa shape index (κ1) is 27.8. The minimum atomic E-state index is -1.47. The van der Waals surface area contributed by atoms with Gasteiger partial charge in [-0.05, 0) is 6.04 Å². The van der Waals surface area contributed by atoms with Crippen LogP contribution in [0.4, 0.5) is 0 Å². The maximum Gasteiger partial charge on any atom is 0.303 e. The predicted octanol–water partition coefficient (Wildman–Crippen LogP) is -0.632. The number of hydrogen-bond donors (Lipinski definition) is 0. The van der Waals surface area contributed by atoms with Gasteiger partial charge in [-0.25, -0.2) is 0 Å². The number of hydrogen-bond acceptors (Lipinski definition) is 6. The van der Waals surface area contributed by atoms with Gasteiger partial charge in [0.15, 0.2) is 0 Å². The summed E-state index contributed by atoms with van der Waals surface area (Å²) in [4.78, 5) is 0. The monoisotopic (exact) mass is 606 g/mol. The number of alkyl halides is 6. The van der Waals surface area contributed by atoms with Crippen LogP contribution in [-0.4, -0.2) is 91.6 Å². The molecule has 0 bridgehead atoms. The Kier molecular flexibility index (Phi) is 16.9. The highest BCUT2D eigenvalue weighted by Crippen LogP contribution is 2.39. The molecule has 0 aromatic carbocycles. The highest BCUT2D eigenvalue weighted by Gasteiger charge is 2.46. The van der Waals surface area contributed by atoms with Gasteiger partial charge < -0.3 is 24.7 Å². The first-order chi connectivity index (χ1) is 12.9. The van der Waals surface area contributed by atoms with Gasteiger partial charge in [-0.15, -0.1) is 69.6 Å². The van der Waals surface area contributed by atoms with Crippen molar-refractivity contribution in [1.29, 1.82) is 0 Å². The summed E-state index contributed by atoms with van der Waals surface area (Å²) in [5.74, 6) is 0. The van der Waals surface area contributed by atoms with E-state index < -0.39 is 91.6 Å². The molecule has 0 amide bonds. The van der Waals surface area contributed by atoms with Crippen LogP contribution in [0.25, 0.3) is 0 Å². The first-order valence-corrected chi connectivity index (χ1v) is 18.4. The van der Waals surface area contributed by atoms with Crippen molar-refractivity contribution in [3.63, 3.8) is 0 Å². The van der Waals surface area contributed by atoms with Gasteiger partial charge in [0.2, 0.25) is 0 Å². The average molecular weight is 610 g/mol. The smallest absolute Gasteiger partial charge is 0.303 e. The lowest BCUT2D eigenvalue weighted by molar-refractivity contribution is 0.334. The molecule has 6 nitrogen and oxygen atoms in total. The third-order valence-electron chi connectivity index (χ3n) is 3.52. The van der Waals surface area contributed by atoms with Crippen molar-refractivity contribution in [3.05, 3.63) is 0 Å². The Bertz CT molecular complexity index is 329. The highest BCUT2D eigenvalue weighted by molar-refractivity contribution is 6.59. The lowest BCUT2D eigenvalue weighted by atomic mass is 9.97. The molecule has 0 atom stereocenters. The summed E-state index contributed by atoms with van der Waals surface area (Å²) in [7, 11) is -5.67. The van der Waals surface area contributed by atoms with Crippen LogP contribution in [0.5, 0.6) is 0 Å². The molecule has 1 aliphatic heterocycles. The van der Waals surface area contributed by atoms with Crippen molar-refractivity contribution in [2.75, 3.05) is 0 Å². The third kappa shape index (κ3) is 10.8. The van der Waals surface area contributed by atoms with Gasteiger partial charge in [-0.2, -0.15) is 0 Å². The molecule has 1 saturated heterocycles. The van der Waals surface area contributed by atoms with E-state index in [1.807, 2.05) is 0 Å².